The third kappa shape index (κ3) is 4.90. The minimum absolute atomic E-state index is 0.170. The number of para-hydroxylation sites is 1. The van der Waals surface area contributed by atoms with Crippen LogP contribution in [0.5, 0.6) is 5.75 Å². The summed E-state index contributed by atoms with van der Waals surface area (Å²) in [5.74, 6) is 0.557. The maximum absolute atomic E-state index is 13.4. The number of ether oxygens (including phenoxy) is 2. The summed E-state index contributed by atoms with van der Waals surface area (Å²) in [7, 11) is -2.01. The van der Waals surface area contributed by atoms with Gasteiger partial charge in [0, 0.05) is 59.0 Å². The molecule has 10 heteroatoms. The van der Waals surface area contributed by atoms with E-state index in [1.165, 1.54) is 4.31 Å². The topological polar surface area (TPSA) is 81.1 Å². The lowest BCUT2D eigenvalue weighted by Crippen LogP contribution is -2.40. The number of amides is 1. The van der Waals surface area contributed by atoms with Gasteiger partial charge in [0.25, 0.3) is 5.91 Å². The average molecular weight is 578 g/mol. The molecule has 40 heavy (non-hydrogen) atoms. The minimum atomic E-state index is -3.71. The molecule has 6 rings (SSSR count). The Labute approximate surface area is 238 Å². The molecule has 0 radical (unpaired) electrons. The van der Waals surface area contributed by atoms with Gasteiger partial charge in [0.2, 0.25) is 10.0 Å². The number of likely N-dealkylation sites (N-methyl/N-ethyl adjacent to an activating group) is 1. The van der Waals surface area contributed by atoms with Gasteiger partial charge >= 0.3 is 0 Å². The highest BCUT2D eigenvalue weighted by Gasteiger charge is 2.33. The Morgan fingerprint density at radius 1 is 1.02 bits per heavy atom. The molecule has 1 saturated heterocycles. The van der Waals surface area contributed by atoms with Crippen molar-refractivity contribution in [1.82, 2.24) is 8.87 Å². The SMILES string of the molecule is CN1C(=O)/C(=C\c2cn(CCOc3ccc(Cl)cc3)c3ccccc23)c2cc(S(=O)(=O)N3CCOCC3)ccc21. The molecular formula is C30H28ClN3O5S. The van der Waals surface area contributed by atoms with Crippen LogP contribution in [0.1, 0.15) is 11.1 Å². The number of hydrogen-bond acceptors (Lipinski definition) is 5. The van der Waals surface area contributed by atoms with E-state index in [4.69, 9.17) is 21.1 Å². The van der Waals surface area contributed by atoms with Crippen LogP contribution < -0.4 is 9.64 Å². The first-order valence-electron chi connectivity index (χ1n) is 13.0. The van der Waals surface area contributed by atoms with Crippen LogP contribution >= 0.6 is 11.6 Å². The fourth-order valence-corrected chi connectivity index (χ4v) is 6.75. The van der Waals surface area contributed by atoms with Crippen LogP contribution in [-0.2, 0) is 26.1 Å². The smallest absolute Gasteiger partial charge is 0.258 e. The first-order valence-corrected chi connectivity index (χ1v) is 14.8. The molecule has 4 aromatic rings. The Kier molecular flexibility index (Phi) is 7.14. The van der Waals surface area contributed by atoms with E-state index >= 15 is 0 Å². The number of rotatable bonds is 7. The number of fused-ring (bicyclic) bond motifs is 2. The Morgan fingerprint density at radius 2 is 1.77 bits per heavy atom. The summed E-state index contributed by atoms with van der Waals surface area (Å²) in [6.07, 6.45) is 3.86. The predicted molar refractivity (Wildman–Crippen MR) is 156 cm³/mol. The normalized spacial score (nSPS) is 17.1. The lowest BCUT2D eigenvalue weighted by Gasteiger charge is -2.26. The van der Waals surface area contributed by atoms with E-state index in [1.807, 2.05) is 48.7 Å². The Hall–Kier alpha value is -3.63. The Bertz CT molecular complexity index is 1720. The molecule has 3 heterocycles. The van der Waals surface area contributed by atoms with Gasteiger partial charge in [0.15, 0.2) is 0 Å². The zero-order valence-electron chi connectivity index (χ0n) is 21.9. The maximum Gasteiger partial charge on any atom is 0.258 e. The van der Waals surface area contributed by atoms with Crippen LogP contribution in [-0.4, -0.2) is 63.2 Å². The Morgan fingerprint density at radius 3 is 2.55 bits per heavy atom. The van der Waals surface area contributed by atoms with Crippen molar-refractivity contribution in [2.45, 2.75) is 11.4 Å². The number of benzene rings is 3. The second-order valence-corrected chi connectivity index (χ2v) is 12.1. The van der Waals surface area contributed by atoms with Gasteiger partial charge in [0.1, 0.15) is 12.4 Å². The molecule has 1 aromatic heterocycles. The zero-order valence-corrected chi connectivity index (χ0v) is 23.5. The number of anilines is 1. The van der Waals surface area contributed by atoms with Gasteiger partial charge in [-0.25, -0.2) is 8.42 Å². The molecule has 2 aliphatic rings. The fourth-order valence-electron chi connectivity index (χ4n) is 5.19. The van der Waals surface area contributed by atoms with Crippen LogP contribution in [0.15, 0.2) is 77.8 Å². The number of sulfonamides is 1. The lowest BCUT2D eigenvalue weighted by atomic mass is 10.0. The second-order valence-electron chi connectivity index (χ2n) is 9.71. The van der Waals surface area contributed by atoms with E-state index in [9.17, 15) is 13.2 Å². The highest BCUT2D eigenvalue weighted by molar-refractivity contribution is 7.89. The standard InChI is InChI=1S/C30H28ClN3O5S/c1-32-28-11-10-24(40(36,37)34-13-15-38-16-14-34)19-26(28)27(30(32)35)18-21-20-33(29-5-3-2-4-25(21)29)12-17-39-23-8-6-22(31)7-9-23/h2-11,18-20H,12-17H2,1H3/b27-18-. The third-order valence-corrected chi connectivity index (χ3v) is 9.44. The van der Waals surface area contributed by atoms with E-state index in [0.717, 1.165) is 22.2 Å². The maximum atomic E-state index is 13.4. The van der Waals surface area contributed by atoms with Gasteiger partial charge in [-0.3, -0.25) is 4.79 Å². The van der Waals surface area contributed by atoms with Gasteiger partial charge in [-0.15, -0.1) is 0 Å². The molecule has 0 aliphatic carbocycles. The highest BCUT2D eigenvalue weighted by atomic mass is 35.5. The summed E-state index contributed by atoms with van der Waals surface area (Å²) in [6.45, 7) is 2.39. The molecule has 0 bridgehead atoms. The quantitative estimate of drug-likeness (QED) is 0.292. The van der Waals surface area contributed by atoms with E-state index in [2.05, 4.69) is 4.57 Å². The summed E-state index contributed by atoms with van der Waals surface area (Å²) in [4.78, 5) is 15.1. The summed E-state index contributed by atoms with van der Waals surface area (Å²) in [5, 5.41) is 1.64. The second kappa shape index (κ2) is 10.7. The largest absolute Gasteiger partial charge is 0.492 e. The average Bonchev–Trinajstić information content (AvgIpc) is 3.44. The van der Waals surface area contributed by atoms with Crippen molar-refractivity contribution in [3.63, 3.8) is 0 Å². The van der Waals surface area contributed by atoms with Crippen molar-refractivity contribution in [2.24, 2.45) is 0 Å². The molecule has 3 aromatic carbocycles. The third-order valence-electron chi connectivity index (χ3n) is 7.30. The summed E-state index contributed by atoms with van der Waals surface area (Å²) >= 11 is 5.97. The van der Waals surface area contributed by atoms with Gasteiger partial charge in [-0.1, -0.05) is 29.8 Å². The number of aromatic nitrogens is 1. The van der Waals surface area contributed by atoms with Crippen LogP contribution in [0, 0.1) is 0 Å². The fraction of sp³-hybridized carbons (Fsp3) is 0.233. The molecule has 1 amide bonds. The number of carbonyl (C=O) groups is 1. The van der Waals surface area contributed by atoms with Gasteiger partial charge in [-0.2, -0.15) is 4.31 Å². The van der Waals surface area contributed by atoms with Gasteiger partial charge < -0.3 is 18.9 Å². The molecule has 0 atom stereocenters. The van der Waals surface area contributed by atoms with Gasteiger partial charge in [-0.05, 0) is 54.6 Å². The van der Waals surface area contributed by atoms with E-state index < -0.39 is 10.0 Å². The zero-order chi connectivity index (χ0) is 27.9. The molecule has 0 unspecified atom stereocenters. The van der Waals surface area contributed by atoms with Crippen LogP contribution in [0.4, 0.5) is 5.69 Å². The molecule has 8 nitrogen and oxygen atoms in total. The van der Waals surface area contributed by atoms with E-state index in [1.54, 1.807) is 42.3 Å². The van der Waals surface area contributed by atoms with Crippen molar-refractivity contribution in [1.29, 1.82) is 0 Å². The van der Waals surface area contributed by atoms with Crippen LogP contribution in [0.3, 0.4) is 0 Å². The van der Waals surface area contributed by atoms with Crippen molar-refractivity contribution in [2.75, 3.05) is 44.9 Å². The van der Waals surface area contributed by atoms with Crippen LogP contribution in [0.2, 0.25) is 5.02 Å². The minimum Gasteiger partial charge on any atom is -0.492 e. The number of morpholine rings is 1. The van der Waals surface area contributed by atoms with E-state index in [-0.39, 0.29) is 10.8 Å². The Balaban J connectivity index is 1.34. The first-order chi connectivity index (χ1) is 19.3. The van der Waals surface area contributed by atoms with Crippen molar-refractivity contribution < 1.29 is 22.7 Å². The lowest BCUT2D eigenvalue weighted by molar-refractivity contribution is -0.112. The number of halogens is 1. The molecule has 0 saturated carbocycles. The molecule has 2 aliphatic heterocycles. The molecule has 0 spiro atoms. The van der Waals surface area contributed by atoms with Crippen LogP contribution in [0.25, 0.3) is 22.6 Å². The summed E-state index contributed by atoms with van der Waals surface area (Å²) < 4.78 is 41.4. The molecule has 0 N–H and O–H groups in total. The highest BCUT2D eigenvalue weighted by Crippen LogP contribution is 2.39. The van der Waals surface area contributed by atoms with Crippen molar-refractivity contribution >= 4 is 55.8 Å². The van der Waals surface area contributed by atoms with Crippen molar-refractivity contribution in [3.05, 3.63) is 89.1 Å². The van der Waals surface area contributed by atoms with Crippen molar-refractivity contribution in [3.8, 4) is 5.75 Å². The summed E-state index contributed by atoms with van der Waals surface area (Å²) in [6, 6.07) is 20.1. The summed E-state index contributed by atoms with van der Waals surface area (Å²) in [5.41, 5.74) is 3.61. The molecule has 206 valence electrons. The molecular weight excluding hydrogens is 550 g/mol. The first kappa shape index (κ1) is 26.6. The van der Waals surface area contributed by atoms with Gasteiger partial charge in [0.05, 0.1) is 30.3 Å². The number of hydrogen-bond donors (Lipinski definition) is 0. The predicted octanol–water partition coefficient (Wildman–Crippen LogP) is 4.91. The molecule has 1 fully saturated rings. The monoisotopic (exact) mass is 577 g/mol. The number of carbonyl (C=O) groups excluding carboxylic acids is 1. The number of nitrogens with zero attached hydrogens (tertiary/aromatic N) is 3. The van der Waals surface area contributed by atoms with E-state index in [0.29, 0.717) is 61.3 Å².